The minimum absolute atomic E-state index is 0.408. The number of nitrogens with one attached hydrogen (secondary N) is 1. The van der Waals surface area contributed by atoms with E-state index >= 15 is 0 Å². The Morgan fingerprint density at radius 3 is 2.33 bits per heavy atom. The van der Waals surface area contributed by atoms with Crippen molar-refractivity contribution in [3.63, 3.8) is 0 Å². The van der Waals surface area contributed by atoms with E-state index in [2.05, 4.69) is 39.9 Å². The van der Waals surface area contributed by atoms with Gasteiger partial charge in [-0.1, -0.05) is 27.7 Å². The van der Waals surface area contributed by atoms with Crippen LogP contribution in [0.3, 0.4) is 0 Å². The summed E-state index contributed by atoms with van der Waals surface area (Å²) in [6.07, 6.45) is 0. The largest absolute Gasteiger partial charge is 0.313 e. The highest BCUT2D eigenvalue weighted by molar-refractivity contribution is 7.99. The van der Waals surface area contributed by atoms with Crippen molar-refractivity contribution in [1.82, 2.24) is 5.32 Å². The Morgan fingerprint density at radius 2 is 1.92 bits per heavy atom. The summed E-state index contributed by atoms with van der Waals surface area (Å²) >= 11 is 2.00. The quantitative estimate of drug-likeness (QED) is 0.714. The lowest BCUT2D eigenvalue weighted by atomic mass is 9.97. The Bertz CT molecular complexity index is 107. The number of thioether (sulfide) groups is 1. The van der Waals surface area contributed by atoms with Gasteiger partial charge in [0.05, 0.1) is 0 Å². The summed E-state index contributed by atoms with van der Waals surface area (Å²) in [6, 6.07) is 0.647. The summed E-state index contributed by atoms with van der Waals surface area (Å²) in [5, 5.41) is 3.54. The van der Waals surface area contributed by atoms with Crippen LogP contribution in [-0.2, 0) is 0 Å². The zero-order valence-corrected chi connectivity index (χ0v) is 9.92. The Kier molecular flexibility index (Phi) is 6.02. The van der Waals surface area contributed by atoms with E-state index in [0.717, 1.165) is 6.54 Å². The first-order valence-electron chi connectivity index (χ1n) is 4.77. The molecule has 74 valence electrons. The topological polar surface area (TPSA) is 12.0 Å². The van der Waals surface area contributed by atoms with Crippen LogP contribution in [0.2, 0.25) is 0 Å². The van der Waals surface area contributed by atoms with Gasteiger partial charge in [0.15, 0.2) is 0 Å². The monoisotopic (exact) mass is 189 g/mol. The zero-order valence-electron chi connectivity index (χ0n) is 9.11. The van der Waals surface area contributed by atoms with Gasteiger partial charge in [-0.25, -0.2) is 0 Å². The van der Waals surface area contributed by atoms with Crippen molar-refractivity contribution >= 4 is 11.8 Å². The summed E-state index contributed by atoms with van der Waals surface area (Å²) < 4.78 is 0. The number of hydrogen-bond donors (Lipinski definition) is 1. The van der Waals surface area contributed by atoms with Crippen LogP contribution in [0.4, 0.5) is 0 Å². The number of hydrogen-bond acceptors (Lipinski definition) is 2. The van der Waals surface area contributed by atoms with Gasteiger partial charge in [0.1, 0.15) is 0 Å². The molecule has 0 aliphatic carbocycles. The molecule has 1 nitrogen and oxygen atoms in total. The molecule has 0 spiro atoms. The Morgan fingerprint density at radius 1 is 1.33 bits per heavy atom. The zero-order chi connectivity index (χ0) is 9.61. The maximum atomic E-state index is 3.54. The molecule has 0 aromatic heterocycles. The second-order valence-electron chi connectivity index (χ2n) is 4.50. The van der Waals surface area contributed by atoms with Gasteiger partial charge in [-0.2, -0.15) is 11.8 Å². The van der Waals surface area contributed by atoms with Crippen LogP contribution in [0.25, 0.3) is 0 Å². The average Bonchev–Trinajstić information content (AvgIpc) is 1.95. The van der Waals surface area contributed by atoms with Gasteiger partial charge in [-0.15, -0.1) is 0 Å². The standard InChI is InChI=1S/C10H23NS/c1-6-12-7-9(2)11-8-10(3,4)5/h9,11H,6-8H2,1-5H3. The van der Waals surface area contributed by atoms with Crippen molar-refractivity contribution in [2.45, 2.75) is 40.7 Å². The van der Waals surface area contributed by atoms with Crippen LogP contribution in [-0.4, -0.2) is 24.1 Å². The van der Waals surface area contributed by atoms with Crippen LogP contribution in [0.5, 0.6) is 0 Å². The molecule has 0 aliphatic rings. The molecule has 0 saturated heterocycles. The first kappa shape index (κ1) is 12.3. The first-order valence-corrected chi connectivity index (χ1v) is 5.92. The van der Waals surface area contributed by atoms with Crippen molar-refractivity contribution in [2.75, 3.05) is 18.1 Å². The predicted octanol–water partition coefficient (Wildman–Crippen LogP) is 2.76. The smallest absolute Gasteiger partial charge is 0.0130 e. The van der Waals surface area contributed by atoms with Crippen molar-refractivity contribution in [1.29, 1.82) is 0 Å². The SMILES string of the molecule is CCSCC(C)NCC(C)(C)C. The van der Waals surface area contributed by atoms with Crippen LogP contribution in [0.1, 0.15) is 34.6 Å². The molecule has 0 amide bonds. The fourth-order valence-corrected chi connectivity index (χ4v) is 1.54. The molecule has 0 saturated carbocycles. The molecular formula is C10H23NS. The third kappa shape index (κ3) is 8.41. The minimum Gasteiger partial charge on any atom is -0.313 e. The second-order valence-corrected chi connectivity index (χ2v) is 5.82. The van der Waals surface area contributed by atoms with Gasteiger partial charge in [0.25, 0.3) is 0 Å². The molecule has 0 aromatic carbocycles. The minimum atomic E-state index is 0.408. The van der Waals surface area contributed by atoms with Crippen molar-refractivity contribution in [2.24, 2.45) is 5.41 Å². The lowest BCUT2D eigenvalue weighted by Crippen LogP contribution is -2.35. The normalized spacial score (nSPS) is 14.8. The van der Waals surface area contributed by atoms with E-state index in [1.54, 1.807) is 0 Å². The fraction of sp³-hybridized carbons (Fsp3) is 1.00. The summed E-state index contributed by atoms with van der Waals surface area (Å²) in [5.41, 5.74) is 0.408. The molecular weight excluding hydrogens is 166 g/mol. The maximum absolute atomic E-state index is 3.54. The molecule has 1 unspecified atom stereocenters. The molecule has 1 atom stereocenters. The molecule has 2 heteroatoms. The summed E-state index contributed by atoms with van der Waals surface area (Å²) in [6.45, 7) is 12.4. The summed E-state index contributed by atoms with van der Waals surface area (Å²) in [5.74, 6) is 2.45. The molecule has 0 aliphatic heterocycles. The molecule has 0 fully saturated rings. The van der Waals surface area contributed by atoms with Crippen LogP contribution >= 0.6 is 11.8 Å². The molecule has 0 radical (unpaired) electrons. The molecule has 0 bridgehead atoms. The summed E-state index contributed by atoms with van der Waals surface area (Å²) in [4.78, 5) is 0. The van der Waals surface area contributed by atoms with Crippen molar-refractivity contribution in [3.05, 3.63) is 0 Å². The highest BCUT2D eigenvalue weighted by Gasteiger charge is 2.11. The van der Waals surface area contributed by atoms with Gasteiger partial charge in [0, 0.05) is 18.3 Å². The predicted molar refractivity (Wildman–Crippen MR) is 59.9 cm³/mol. The summed E-state index contributed by atoms with van der Waals surface area (Å²) in [7, 11) is 0. The van der Waals surface area contributed by atoms with Gasteiger partial charge in [0.2, 0.25) is 0 Å². The van der Waals surface area contributed by atoms with Gasteiger partial charge >= 0.3 is 0 Å². The molecule has 12 heavy (non-hydrogen) atoms. The lowest BCUT2D eigenvalue weighted by Gasteiger charge is -2.22. The third-order valence-electron chi connectivity index (χ3n) is 1.55. The molecule has 0 aromatic rings. The third-order valence-corrected chi connectivity index (χ3v) is 2.70. The second kappa shape index (κ2) is 5.87. The van der Waals surface area contributed by atoms with Gasteiger partial charge in [-0.3, -0.25) is 0 Å². The van der Waals surface area contributed by atoms with E-state index < -0.39 is 0 Å². The van der Waals surface area contributed by atoms with E-state index in [-0.39, 0.29) is 0 Å². The van der Waals surface area contributed by atoms with E-state index in [0.29, 0.717) is 11.5 Å². The Labute approximate surface area is 81.7 Å². The molecule has 0 heterocycles. The van der Waals surface area contributed by atoms with E-state index in [9.17, 15) is 0 Å². The van der Waals surface area contributed by atoms with Crippen molar-refractivity contribution in [3.8, 4) is 0 Å². The first-order chi connectivity index (χ1) is 5.45. The Hall–Kier alpha value is 0.310. The van der Waals surface area contributed by atoms with Gasteiger partial charge in [-0.05, 0) is 18.1 Å². The van der Waals surface area contributed by atoms with Crippen LogP contribution in [0, 0.1) is 5.41 Å². The highest BCUT2D eigenvalue weighted by atomic mass is 32.2. The van der Waals surface area contributed by atoms with E-state index in [1.807, 2.05) is 11.8 Å². The van der Waals surface area contributed by atoms with Crippen LogP contribution in [0.15, 0.2) is 0 Å². The van der Waals surface area contributed by atoms with Crippen LogP contribution < -0.4 is 5.32 Å². The average molecular weight is 189 g/mol. The molecule has 1 N–H and O–H groups in total. The highest BCUT2D eigenvalue weighted by Crippen LogP contribution is 2.11. The Balaban J connectivity index is 3.37. The van der Waals surface area contributed by atoms with Crippen molar-refractivity contribution < 1.29 is 0 Å². The maximum Gasteiger partial charge on any atom is 0.0130 e. The van der Waals surface area contributed by atoms with Gasteiger partial charge < -0.3 is 5.32 Å². The number of rotatable bonds is 5. The molecule has 0 rings (SSSR count). The fourth-order valence-electron chi connectivity index (χ4n) is 0.834. The van der Waals surface area contributed by atoms with E-state index in [4.69, 9.17) is 0 Å². The lowest BCUT2D eigenvalue weighted by molar-refractivity contribution is 0.365. The van der Waals surface area contributed by atoms with E-state index in [1.165, 1.54) is 11.5 Å².